The molecule has 1 amide bonds. The van der Waals surface area contributed by atoms with Gasteiger partial charge in [0.15, 0.2) is 0 Å². The van der Waals surface area contributed by atoms with Crippen LogP contribution >= 0.6 is 11.6 Å². The quantitative estimate of drug-likeness (QED) is 0.833. The summed E-state index contributed by atoms with van der Waals surface area (Å²) >= 11 is 5.88. The first-order valence-corrected chi connectivity index (χ1v) is 7.96. The summed E-state index contributed by atoms with van der Waals surface area (Å²) in [5.41, 5.74) is 0.956. The van der Waals surface area contributed by atoms with E-state index in [-0.39, 0.29) is 24.6 Å². The first-order valence-electron chi connectivity index (χ1n) is 7.58. The molecule has 0 radical (unpaired) electrons. The van der Waals surface area contributed by atoms with E-state index in [1.165, 1.54) is 0 Å². The lowest BCUT2D eigenvalue weighted by Gasteiger charge is -2.29. The van der Waals surface area contributed by atoms with Gasteiger partial charge in [-0.3, -0.25) is 4.79 Å². The highest BCUT2D eigenvalue weighted by Gasteiger charge is 2.21. The number of hydrogen-bond donors (Lipinski definition) is 2. The average molecular weight is 327 g/mol. The van der Waals surface area contributed by atoms with Crippen LogP contribution in [0.2, 0.25) is 5.02 Å². The van der Waals surface area contributed by atoms with Gasteiger partial charge in [0, 0.05) is 30.6 Å². The lowest BCUT2D eigenvalue weighted by atomic mass is 10.1. The number of amides is 1. The highest BCUT2D eigenvalue weighted by molar-refractivity contribution is 6.30. The van der Waals surface area contributed by atoms with E-state index in [1.54, 1.807) is 12.1 Å². The van der Waals surface area contributed by atoms with Gasteiger partial charge in [-0.1, -0.05) is 23.7 Å². The number of hydrogen-bond acceptors (Lipinski definition) is 4. The molecule has 0 aromatic heterocycles. The number of benzene rings is 1. The number of rotatable bonds is 6. The summed E-state index contributed by atoms with van der Waals surface area (Å²) in [7, 11) is 0. The predicted molar refractivity (Wildman–Crippen MR) is 85.9 cm³/mol. The summed E-state index contributed by atoms with van der Waals surface area (Å²) in [6.07, 6.45) is 0.407. The Morgan fingerprint density at radius 1 is 1.36 bits per heavy atom. The summed E-state index contributed by atoms with van der Waals surface area (Å²) in [5, 5.41) is 13.5. The van der Waals surface area contributed by atoms with Crippen molar-refractivity contribution in [1.29, 1.82) is 0 Å². The van der Waals surface area contributed by atoms with E-state index in [0.29, 0.717) is 37.7 Å². The molecule has 2 N–H and O–H groups in total. The van der Waals surface area contributed by atoms with Crippen LogP contribution in [-0.2, 0) is 9.53 Å². The number of morpholine rings is 1. The first-order chi connectivity index (χ1) is 10.6. The Hall–Kier alpha value is -1.14. The molecule has 6 heteroatoms. The fraction of sp³-hybridized carbons (Fsp3) is 0.562. The van der Waals surface area contributed by atoms with Gasteiger partial charge in [0.2, 0.25) is 5.91 Å². The van der Waals surface area contributed by atoms with Gasteiger partial charge >= 0.3 is 0 Å². The SMILES string of the molecule is CC(CC(=O)N1CCOCC1)NC(CO)c1ccc(Cl)cc1. The molecule has 2 rings (SSSR count). The summed E-state index contributed by atoms with van der Waals surface area (Å²) in [6, 6.07) is 7.13. The molecular weight excluding hydrogens is 304 g/mol. The van der Waals surface area contributed by atoms with Gasteiger partial charge in [0.25, 0.3) is 0 Å². The fourth-order valence-corrected chi connectivity index (χ4v) is 2.68. The van der Waals surface area contributed by atoms with Gasteiger partial charge in [-0.05, 0) is 24.6 Å². The molecule has 22 heavy (non-hydrogen) atoms. The Labute approximate surface area is 136 Å². The number of carbonyl (C=O) groups excluding carboxylic acids is 1. The van der Waals surface area contributed by atoms with Crippen molar-refractivity contribution in [3.63, 3.8) is 0 Å². The van der Waals surface area contributed by atoms with Gasteiger partial charge in [0.05, 0.1) is 25.9 Å². The summed E-state index contributed by atoms with van der Waals surface area (Å²) in [6.45, 7) is 4.46. The van der Waals surface area contributed by atoms with E-state index < -0.39 is 0 Å². The number of nitrogens with zero attached hydrogens (tertiary/aromatic N) is 1. The van der Waals surface area contributed by atoms with Crippen LogP contribution in [0.4, 0.5) is 0 Å². The van der Waals surface area contributed by atoms with Crippen molar-refractivity contribution in [3.05, 3.63) is 34.9 Å². The lowest BCUT2D eigenvalue weighted by Crippen LogP contribution is -2.44. The number of ether oxygens (including phenoxy) is 1. The van der Waals surface area contributed by atoms with Gasteiger partial charge in [-0.25, -0.2) is 0 Å². The Balaban J connectivity index is 1.87. The minimum absolute atomic E-state index is 0.0248. The smallest absolute Gasteiger partial charge is 0.224 e. The van der Waals surface area contributed by atoms with Crippen molar-refractivity contribution < 1.29 is 14.6 Å². The largest absolute Gasteiger partial charge is 0.394 e. The fourth-order valence-electron chi connectivity index (χ4n) is 2.56. The second-order valence-electron chi connectivity index (χ2n) is 5.55. The van der Waals surface area contributed by atoms with Crippen molar-refractivity contribution in [2.24, 2.45) is 0 Å². The zero-order valence-corrected chi connectivity index (χ0v) is 13.6. The highest BCUT2D eigenvalue weighted by atomic mass is 35.5. The van der Waals surface area contributed by atoms with Gasteiger partial charge < -0.3 is 20.1 Å². The molecule has 1 aliphatic rings. The van der Waals surface area contributed by atoms with Crippen molar-refractivity contribution >= 4 is 17.5 Å². The van der Waals surface area contributed by atoms with Gasteiger partial charge in [-0.15, -0.1) is 0 Å². The lowest BCUT2D eigenvalue weighted by molar-refractivity contribution is -0.135. The molecule has 1 aromatic carbocycles. The maximum absolute atomic E-state index is 12.2. The summed E-state index contributed by atoms with van der Waals surface area (Å²) in [4.78, 5) is 14.0. The Kier molecular flexibility index (Phi) is 6.64. The zero-order chi connectivity index (χ0) is 15.9. The maximum Gasteiger partial charge on any atom is 0.224 e. The number of aliphatic hydroxyl groups excluding tert-OH is 1. The van der Waals surface area contributed by atoms with E-state index in [9.17, 15) is 9.90 Å². The van der Waals surface area contributed by atoms with Gasteiger partial charge in [-0.2, -0.15) is 0 Å². The third-order valence-corrected chi connectivity index (χ3v) is 4.04. The molecule has 1 aliphatic heterocycles. The van der Waals surface area contributed by atoms with Crippen LogP contribution in [0.5, 0.6) is 0 Å². The number of nitrogens with one attached hydrogen (secondary N) is 1. The monoisotopic (exact) mass is 326 g/mol. The second-order valence-corrected chi connectivity index (χ2v) is 5.99. The average Bonchev–Trinajstić information content (AvgIpc) is 2.54. The highest BCUT2D eigenvalue weighted by Crippen LogP contribution is 2.17. The number of halogens is 1. The topological polar surface area (TPSA) is 61.8 Å². The molecule has 2 unspecified atom stereocenters. The minimum atomic E-state index is -0.204. The molecular formula is C16H23ClN2O3. The molecule has 122 valence electrons. The van der Waals surface area contributed by atoms with Crippen molar-refractivity contribution in [2.75, 3.05) is 32.9 Å². The van der Waals surface area contributed by atoms with Crippen molar-refractivity contribution in [3.8, 4) is 0 Å². The van der Waals surface area contributed by atoms with Crippen LogP contribution in [0, 0.1) is 0 Å². The zero-order valence-electron chi connectivity index (χ0n) is 12.8. The summed E-state index contributed by atoms with van der Waals surface area (Å²) < 4.78 is 5.25. The van der Waals surface area contributed by atoms with E-state index in [2.05, 4.69) is 5.32 Å². The normalized spacial score (nSPS) is 18.0. The minimum Gasteiger partial charge on any atom is -0.394 e. The van der Waals surface area contributed by atoms with E-state index in [1.807, 2.05) is 24.0 Å². The Morgan fingerprint density at radius 2 is 2.00 bits per heavy atom. The summed E-state index contributed by atoms with van der Waals surface area (Å²) in [5.74, 6) is 0.121. The van der Waals surface area contributed by atoms with Crippen LogP contribution < -0.4 is 5.32 Å². The van der Waals surface area contributed by atoms with E-state index in [4.69, 9.17) is 16.3 Å². The van der Waals surface area contributed by atoms with Crippen molar-refractivity contribution in [2.45, 2.75) is 25.4 Å². The van der Waals surface area contributed by atoms with Gasteiger partial charge in [0.1, 0.15) is 0 Å². The molecule has 2 atom stereocenters. The standard InChI is InChI=1S/C16H23ClN2O3/c1-12(10-16(21)19-6-8-22-9-7-19)18-15(11-20)13-2-4-14(17)5-3-13/h2-5,12,15,18,20H,6-11H2,1H3. The number of aliphatic hydroxyl groups is 1. The van der Waals surface area contributed by atoms with Crippen LogP contribution in [0.1, 0.15) is 24.9 Å². The molecule has 0 aliphatic carbocycles. The van der Waals surface area contributed by atoms with Crippen LogP contribution in [-0.4, -0.2) is 54.9 Å². The van der Waals surface area contributed by atoms with Crippen molar-refractivity contribution in [1.82, 2.24) is 10.2 Å². The molecule has 0 bridgehead atoms. The molecule has 5 nitrogen and oxygen atoms in total. The van der Waals surface area contributed by atoms with E-state index >= 15 is 0 Å². The second kappa shape index (κ2) is 8.48. The number of carbonyl (C=O) groups is 1. The molecule has 1 saturated heterocycles. The third-order valence-electron chi connectivity index (χ3n) is 3.79. The third kappa shape index (κ3) is 4.95. The Bertz CT molecular complexity index is 475. The van der Waals surface area contributed by atoms with Crippen LogP contribution in [0.3, 0.4) is 0 Å². The first kappa shape index (κ1) is 17.2. The molecule has 0 saturated carbocycles. The van der Waals surface area contributed by atoms with Crippen LogP contribution in [0.15, 0.2) is 24.3 Å². The molecule has 1 heterocycles. The Morgan fingerprint density at radius 3 is 2.59 bits per heavy atom. The molecule has 0 spiro atoms. The predicted octanol–water partition coefficient (Wildman–Crippen LogP) is 1.60. The van der Waals surface area contributed by atoms with Crippen LogP contribution in [0.25, 0.3) is 0 Å². The molecule has 1 aromatic rings. The van der Waals surface area contributed by atoms with E-state index in [0.717, 1.165) is 5.56 Å². The maximum atomic E-state index is 12.2. The molecule has 1 fully saturated rings.